The maximum absolute atomic E-state index is 11.9. The van der Waals surface area contributed by atoms with E-state index in [4.69, 9.17) is 0 Å². The number of aryl methyl sites for hydroxylation is 4. The Morgan fingerprint density at radius 3 is 2.86 bits per heavy atom. The zero-order valence-corrected chi connectivity index (χ0v) is 12.8. The van der Waals surface area contributed by atoms with Crippen molar-refractivity contribution in [3.05, 3.63) is 29.9 Å². The van der Waals surface area contributed by atoms with Gasteiger partial charge in [0.05, 0.1) is 0 Å². The first-order chi connectivity index (χ1) is 10.1. The summed E-state index contributed by atoms with van der Waals surface area (Å²) in [7, 11) is 0. The fourth-order valence-electron chi connectivity index (χ4n) is 2.24. The van der Waals surface area contributed by atoms with Crippen molar-refractivity contribution in [3.8, 4) is 0 Å². The fraction of sp³-hybridized carbons (Fsp3) is 0.571. The van der Waals surface area contributed by atoms with Crippen LogP contribution in [0.25, 0.3) is 0 Å². The summed E-state index contributed by atoms with van der Waals surface area (Å²) in [6.45, 7) is 7.56. The highest BCUT2D eigenvalue weighted by atomic mass is 16.1. The number of nitrogens with one attached hydrogen (secondary N) is 1. The number of carbonyl (C=O) groups is 1. The van der Waals surface area contributed by atoms with Gasteiger partial charge in [-0.15, -0.1) is 0 Å². The van der Waals surface area contributed by atoms with Crippen LogP contribution in [0.5, 0.6) is 0 Å². The molecule has 0 saturated heterocycles. The summed E-state index contributed by atoms with van der Waals surface area (Å²) in [6, 6.07) is 0. The molecule has 0 fully saturated rings. The molecule has 0 unspecified atom stereocenters. The predicted octanol–water partition coefficient (Wildman–Crippen LogP) is 0.860. The second kappa shape index (κ2) is 7.01. The summed E-state index contributed by atoms with van der Waals surface area (Å²) in [5, 5.41) is 7.21. The lowest BCUT2D eigenvalue weighted by Crippen LogP contribution is -2.29. The molecule has 114 valence electrons. The van der Waals surface area contributed by atoms with Gasteiger partial charge < -0.3 is 9.88 Å². The highest BCUT2D eigenvalue weighted by molar-refractivity contribution is 5.75. The van der Waals surface area contributed by atoms with E-state index >= 15 is 0 Å². The van der Waals surface area contributed by atoms with Gasteiger partial charge in [-0.1, -0.05) is 6.92 Å². The van der Waals surface area contributed by atoms with Crippen molar-refractivity contribution < 1.29 is 4.79 Å². The molecule has 2 rings (SSSR count). The molecule has 0 aromatic carbocycles. The molecule has 7 nitrogen and oxygen atoms in total. The van der Waals surface area contributed by atoms with Crippen LogP contribution in [-0.4, -0.2) is 36.8 Å². The van der Waals surface area contributed by atoms with Crippen molar-refractivity contribution in [3.63, 3.8) is 0 Å². The minimum Gasteiger partial charge on any atom is -0.354 e. The largest absolute Gasteiger partial charge is 0.354 e. The van der Waals surface area contributed by atoms with Crippen molar-refractivity contribution in [2.45, 2.75) is 46.7 Å². The molecule has 2 aromatic heterocycles. The van der Waals surface area contributed by atoms with Crippen molar-refractivity contribution >= 4 is 5.91 Å². The second-order valence-corrected chi connectivity index (χ2v) is 4.96. The first-order valence-electron chi connectivity index (χ1n) is 7.25. The molecule has 0 radical (unpaired) electrons. The molecule has 1 N–H and O–H groups in total. The van der Waals surface area contributed by atoms with Crippen LogP contribution < -0.4 is 5.32 Å². The number of hydrogen-bond donors (Lipinski definition) is 1. The number of nitrogens with zero attached hydrogens (tertiary/aromatic N) is 5. The molecule has 0 aliphatic rings. The number of carbonyl (C=O) groups excluding carboxylic acids is 1. The van der Waals surface area contributed by atoms with Gasteiger partial charge in [0.15, 0.2) is 0 Å². The van der Waals surface area contributed by atoms with Gasteiger partial charge in [-0.05, 0) is 20.3 Å². The average molecular weight is 290 g/mol. The molecule has 0 saturated carbocycles. The number of hydrogen-bond acceptors (Lipinski definition) is 4. The van der Waals surface area contributed by atoms with Gasteiger partial charge >= 0.3 is 0 Å². The van der Waals surface area contributed by atoms with Crippen molar-refractivity contribution in [2.24, 2.45) is 0 Å². The zero-order valence-electron chi connectivity index (χ0n) is 12.8. The van der Waals surface area contributed by atoms with Crippen LogP contribution in [-0.2, 0) is 24.3 Å². The summed E-state index contributed by atoms with van der Waals surface area (Å²) < 4.78 is 3.74. The van der Waals surface area contributed by atoms with Gasteiger partial charge in [0.1, 0.15) is 24.0 Å². The van der Waals surface area contributed by atoms with Crippen LogP contribution in [0.15, 0.2) is 12.4 Å². The van der Waals surface area contributed by atoms with Crippen LogP contribution in [0.2, 0.25) is 0 Å². The van der Waals surface area contributed by atoms with E-state index in [0.29, 0.717) is 13.1 Å². The van der Waals surface area contributed by atoms with Crippen LogP contribution in [0, 0.1) is 13.8 Å². The lowest BCUT2D eigenvalue weighted by molar-refractivity contribution is -0.121. The molecule has 2 heterocycles. The highest BCUT2D eigenvalue weighted by Crippen LogP contribution is 1.99. The Balaban J connectivity index is 1.71. The smallest absolute Gasteiger partial charge is 0.239 e. The van der Waals surface area contributed by atoms with Crippen LogP contribution >= 0.6 is 0 Å². The maximum Gasteiger partial charge on any atom is 0.239 e. The van der Waals surface area contributed by atoms with E-state index in [1.807, 2.05) is 36.2 Å². The Morgan fingerprint density at radius 2 is 2.19 bits per heavy atom. The minimum absolute atomic E-state index is 0.00851. The lowest BCUT2D eigenvalue weighted by atomic mass is 10.4. The van der Waals surface area contributed by atoms with Gasteiger partial charge in [-0.25, -0.2) is 9.97 Å². The molecule has 21 heavy (non-hydrogen) atoms. The second-order valence-electron chi connectivity index (χ2n) is 4.96. The molecular formula is C14H22N6O. The monoisotopic (exact) mass is 290 g/mol. The Morgan fingerprint density at radius 1 is 1.38 bits per heavy atom. The number of aromatic nitrogens is 5. The number of rotatable bonds is 7. The van der Waals surface area contributed by atoms with E-state index < -0.39 is 0 Å². The molecule has 1 amide bonds. The summed E-state index contributed by atoms with van der Waals surface area (Å²) >= 11 is 0. The maximum atomic E-state index is 11.9. The lowest BCUT2D eigenvalue weighted by Gasteiger charge is -2.08. The van der Waals surface area contributed by atoms with E-state index in [1.54, 1.807) is 6.20 Å². The van der Waals surface area contributed by atoms with E-state index in [0.717, 1.165) is 36.9 Å². The molecule has 2 aromatic rings. The average Bonchev–Trinajstić information content (AvgIpc) is 3.01. The molecular weight excluding hydrogens is 268 g/mol. The van der Waals surface area contributed by atoms with Gasteiger partial charge in [0.2, 0.25) is 5.91 Å². The normalized spacial score (nSPS) is 10.8. The Labute approximate surface area is 124 Å². The Bertz CT molecular complexity index is 600. The van der Waals surface area contributed by atoms with Gasteiger partial charge in [0, 0.05) is 31.9 Å². The third kappa shape index (κ3) is 4.14. The topological polar surface area (TPSA) is 77.6 Å². The first-order valence-corrected chi connectivity index (χ1v) is 7.25. The van der Waals surface area contributed by atoms with Gasteiger partial charge in [0.25, 0.3) is 0 Å². The van der Waals surface area contributed by atoms with Crippen LogP contribution in [0.3, 0.4) is 0 Å². The standard InChI is InChI=1S/C14H22N6O/c1-4-13-15-7-9-19(13)10-14(21)16-6-5-8-20-12(3)17-11(2)18-20/h7,9H,4-6,8,10H2,1-3H3,(H,16,21). The molecule has 0 aliphatic carbocycles. The van der Waals surface area contributed by atoms with Crippen molar-refractivity contribution in [1.82, 2.24) is 29.6 Å². The van der Waals surface area contributed by atoms with E-state index in [-0.39, 0.29) is 5.91 Å². The SMILES string of the molecule is CCc1nccn1CC(=O)NCCCn1nc(C)nc1C. The van der Waals surface area contributed by atoms with E-state index in [2.05, 4.69) is 20.4 Å². The van der Waals surface area contributed by atoms with Crippen LogP contribution in [0.4, 0.5) is 0 Å². The van der Waals surface area contributed by atoms with Crippen LogP contribution in [0.1, 0.15) is 30.8 Å². The van der Waals surface area contributed by atoms with E-state index in [9.17, 15) is 4.79 Å². The van der Waals surface area contributed by atoms with E-state index in [1.165, 1.54) is 0 Å². The first kappa shape index (κ1) is 15.2. The molecule has 0 spiro atoms. The summed E-state index contributed by atoms with van der Waals surface area (Å²) in [6.07, 6.45) is 5.22. The number of amides is 1. The Kier molecular flexibility index (Phi) is 5.08. The number of imidazole rings is 1. The molecule has 0 aliphatic heterocycles. The van der Waals surface area contributed by atoms with Gasteiger partial charge in [-0.3, -0.25) is 9.48 Å². The van der Waals surface area contributed by atoms with Crippen molar-refractivity contribution in [1.29, 1.82) is 0 Å². The minimum atomic E-state index is 0.00851. The highest BCUT2D eigenvalue weighted by Gasteiger charge is 2.06. The molecule has 7 heteroatoms. The predicted molar refractivity (Wildman–Crippen MR) is 78.7 cm³/mol. The zero-order chi connectivity index (χ0) is 15.2. The fourth-order valence-corrected chi connectivity index (χ4v) is 2.24. The summed E-state index contributed by atoms with van der Waals surface area (Å²) in [5.41, 5.74) is 0. The third-order valence-corrected chi connectivity index (χ3v) is 3.26. The molecule has 0 bridgehead atoms. The summed E-state index contributed by atoms with van der Waals surface area (Å²) in [5.74, 6) is 2.63. The van der Waals surface area contributed by atoms with Gasteiger partial charge in [-0.2, -0.15) is 5.10 Å². The Hall–Kier alpha value is -2.18. The quantitative estimate of drug-likeness (QED) is 0.767. The third-order valence-electron chi connectivity index (χ3n) is 3.26. The van der Waals surface area contributed by atoms with Crippen molar-refractivity contribution in [2.75, 3.05) is 6.54 Å². The summed E-state index contributed by atoms with van der Waals surface area (Å²) in [4.78, 5) is 20.3. The molecule has 0 atom stereocenters.